The van der Waals surface area contributed by atoms with E-state index in [2.05, 4.69) is 27.0 Å². The van der Waals surface area contributed by atoms with Crippen LogP contribution in [0.3, 0.4) is 0 Å². The van der Waals surface area contributed by atoms with Crippen molar-refractivity contribution in [3.63, 3.8) is 0 Å². The molecule has 0 unspecified atom stereocenters. The quantitative estimate of drug-likeness (QED) is 0.906. The lowest BCUT2D eigenvalue weighted by Crippen LogP contribution is -2.36. The fraction of sp³-hybridized carbons (Fsp3) is 0.474. The van der Waals surface area contributed by atoms with Crippen LogP contribution in [0.25, 0.3) is 0 Å². The van der Waals surface area contributed by atoms with Gasteiger partial charge in [0.2, 0.25) is 6.79 Å². The number of hydrogen-bond acceptors (Lipinski definition) is 5. The molecule has 4 heterocycles. The molecule has 1 saturated heterocycles. The number of H-pyrrole nitrogens is 1. The Morgan fingerprint density at radius 3 is 2.88 bits per heavy atom. The van der Waals surface area contributed by atoms with Gasteiger partial charge in [0.1, 0.15) is 5.82 Å². The van der Waals surface area contributed by atoms with E-state index in [0.29, 0.717) is 24.7 Å². The zero-order chi connectivity index (χ0) is 17.0. The van der Waals surface area contributed by atoms with E-state index >= 15 is 0 Å². The third kappa shape index (κ3) is 2.52. The van der Waals surface area contributed by atoms with Crippen LogP contribution in [0.2, 0.25) is 0 Å². The van der Waals surface area contributed by atoms with Gasteiger partial charge in [0, 0.05) is 30.6 Å². The van der Waals surface area contributed by atoms with Gasteiger partial charge in [-0.25, -0.2) is 4.98 Å². The first-order chi connectivity index (χ1) is 12.2. The van der Waals surface area contributed by atoms with Crippen molar-refractivity contribution < 1.29 is 9.47 Å². The molecular formula is C19H21N3O3. The summed E-state index contributed by atoms with van der Waals surface area (Å²) in [6, 6.07) is 7.03. The number of fused-ring (bicyclic) bond motifs is 4. The van der Waals surface area contributed by atoms with Crippen LogP contribution in [0.15, 0.2) is 23.0 Å². The van der Waals surface area contributed by atoms with E-state index in [1.165, 1.54) is 12.0 Å². The van der Waals surface area contributed by atoms with Gasteiger partial charge in [0.25, 0.3) is 5.56 Å². The molecule has 2 bridgehead atoms. The number of aromatic nitrogens is 2. The van der Waals surface area contributed by atoms with Crippen molar-refractivity contribution in [2.24, 2.45) is 0 Å². The monoisotopic (exact) mass is 339 g/mol. The molecule has 0 saturated carbocycles. The molecule has 6 heteroatoms. The van der Waals surface area contributed by atoms with Crippen molar-refractivity contribution in [1.29, 1.82) is 0 Å². The summed E-state index contributed by atoms with van der Waals surface area (Å²) in [7, 11) is 0. The zero-order valence-corrected chi connectivity index (χ0v) is 14.2. The van der Waals surface area contributed by atoms with E-state index in [4.69, 9.17) is 9.47 Å². The number of ether oxygens (including phenoxy) is 2. The lowest BCUT2D eigenvalue weighted by atomic mass is 9.98. The molecule has 0 aliphatic carbocycles. The maximum atomic E-state index is 12.4. The van der Waals surface area contributed by atoms with Crippen molar-refractivity contribution in [3.8, 4) is 11.5 Å². The molecule has 6 nitrogen and oxygen atoms in total. The number of hydrogen-bond donors (Lipinski definition) is 1. The second-order valence-electron chi connectivity index (χ2n) is 7.23. The summed E-state index contributed by atoms with van der Waals surface area (Å²) in [4.78, 5) is 22.4. The van der Waals surface area contributed by atoms with E-state index in [9.17, 15) is 4.79 Å². The highest BCUT2D eigenvalue weighted by Gasteiger charge is 2.38. The Bertz CT molecular complexity index is 892. The molecule has 25 heavy (non-hydrogen) atoms. The number of benzene rings is 1. The van der Waals surface area contributed by atoms with Crippen molar-refractivity contribution >= 4 is 0 Å². The summed E-state index contributed by atoms with van der Waals surface area (Å²) in [5.41, 5.74) is 3.14. The smallest absolute Gasteiger partial charge is 0.254 e. The van der Waals surface area contributed by atoms with Gasteiger partial charge in [0.05, 0.1) is 5.69 Å². The molecule has 1 aromatic heterocycles. The Hall–Kier alpha value is -2.34. The van der Waals surface area contributed by atoms with Crippen molar-refractivity contribution in [2.75, 3.05) is 6.79 Å². The van der Waals surface area contributed by atoms with Crippen molar-refractivity contribution in [1.82, 2.24) is 14.9 Å². The standard InChI is InChI=1S/C19H21N3O3/c1-11-20-16-8-14-4-3-13(7-15(16)19(23)21-11)22(14)9-12-2-5-17-18(6-12)25-10-24-17/h2,5-6,13-14H,3-4,7-10H2,1H3,(H,20,21,23)/t13-,14-/m1/s1. The van der Waals surface area contributed by atoms with Gasteiger partial charge in [-0.15, -0.1) is 0 Å². The number of rotatable bonds is 2. The fourth-order valence-electron chi connectivity index (χ4n) is 4.47. The molecule has 3 aliphatic heterocycles. The molecule has 0 radical (unpaired) electrons. The Balaban J connectivity index is 1.44. The molecule has 5 rings (SSSR count). The highest BCUT2D eigenvalue weighted by Crippen LogP contribution is 2.36. The molecule has 0 spiro atoms. The molecule has 130 valence electrons. The largest absolute Gasteiger partial charge is 0.454 e. The molecule has 2 aromatic rings. The van der Waals surface area contributed by atoms with E-state index in [0.717, 1.165) is 48.6 Å². The number of nitrogens with one attached hydrogen (secondary N) is 1. The van der Waals surface area contributed by atoms with E-state index < -0.39 is 0 Å². The number of nitrogens with zero attached hydrogens (tertiary/aromatic N) is 2. The summed E-state index contributed by atoms with van der Waals surface area (Å²) in [5.74, 6) is 2.36. The Morgan fingerprint density at radius 1 is 1.20 bits per heavy atom. The van der Waals surface area contributed by atoms with Gasteiger partial charge in [-0.3, -0.25) is 9.69 Å². The lowest BCUT2D eigenvalue weighted by molar-refractivity contribution is 0.173. The third-order valence-electron chi connectivity index (χ3n) is 5.66. The minimum absolute atomic E-state index is 0.0399. The molecule has 0 amide bonds. The zero-order valence-electron chi connectivity index (χ0n) is 14.2. The van der Waals surface area contributed by atoms with Gasteiger partial charge in [-0.2, -0.15) is 0 Å². The summed E-state index contributed by atoms with van der Waals surface area (Å²) >= 11 is 0. The summed E-state index contributed by atoms with van der Waals surface area (Å²) in [6.07, 6.45) is 3.96. The van der Waals surface area contributed by atoms with Gasteiger partial charge in [-0.05, 0) is 43.9 Å². The molecule has 1 fully saturated rings. The normalized spacial score (nSPS) is 24.2. The van der Waals surface area contributed by atoms with E-state index in [-0.39, 0.29) is 5.56 Å². The second kappa shape index (κ2) is 5.59. The van der Waals surface area contributed by atoms with Gasteiger partial charge in [-0.1, -0.05) is 6.07 Å². The van der Waals surface area contributed by atoms with E-state index in [1.54, 1.807) is 0 Å². The first-order valence-electron chi connectivity index (χ1n) is 8.90. The molecular weight excluding hydrogens is 318 g/mol. The Morgan fingerprint density at radius 2 is 2.00 bits per heavy atom. The minimum Gasteiger partial charge on any atom is -0.454 e. The highest BCUT2D eigenvalue weighted by molar-refractivity contribution is 5.44. The van der Waals surface area contributed by atoms with Crippen LogP contribution in [0.5, 0.6) is 11.5 Å². The third-order valence-corrected chi connectivity index (χ3v) is 5.66. The maximum absolute atomic E-state index is 12.4. The Kier molecular flexibility index (Phi) is 3.35. The number of aryl methyl sites for hydroxylation is 1. The SMILES string of the molecule is Cc1nc2c(c(=O)[nH]1)C[C@H]1CC[C@H](C2)N1Cc1ccc2c(c1)OCO2. The summed E-state index contributed by atoms with van der Waals surface area (Å²) < 4.78 is 10.9. The van der Waals surface area contributed by atoms with Crippen molar-refractivity contribution in [2.45, 2.75) is 51.2 Å². The topological polar surface area (TPSA) is 67.5 Å². The van der Waals surface area contributed by atoms with Crippen LogP contribution in [-0.2, 0) is 19.4 Å². The predicted octanol–water partition coefficient (Wildman–Crippen LogP) is 1.94. The van der Waals surface area contributed by atoms with Gasteiger partial charge >= 0.3 is 0 Å². The first-order valence-corrected chi connectivity index (χ1v) is 8.90. The van der Waals surface area contributed by atoms with Crippen LogP contribution >= 0.6 is 0 Å². The summed E-state index contributed by atoms with van der Waals surface area (Å²) in [5, 5.41) is 0. The Labute approximate surface area is 145 Å². The van der Waals surface area contributed by atoms with Gasteiger partial charge in [0.15, 0.2) is 11.5 Å². The lowest BCUT2D eigenvalue weighted by Gasteiger charge is -2.27. The van der Waals surface area contributed by atoms with Crippen LogP contribution in [0.4, 0.5) is 0 Å². The van der Waals surface area contributed by atoms with E-state index in [1.807, 2.05) is 13.0 Å². The summed E-state index contributed by atoms with van der Waals surface area (Å²) in [6.45, 7) is 3.03. The van der Waals surface area contributed by atoms with Crippen LogP contribution in [0, 0.1) is 6.92 Å². The average molecular weight is 339 g/mol. The van der Waals surface area contributed by atoms with Crippen molar-refractivity contribution in [3.05, 3.63) is 51.2 Å². The average Bonchev–Trinajstić information content (AvgIpc) is 3.13. The highest BCUT2D eigenvalue weighted by atomic mass is 16.7. The molecule has 1 aromatic carbocycles. The predicted molar refractivity (Wildman–Crippen MR) is 91.9 cm³/mol. The number of aromatic amines is 1. The van der Waals surface area contributed by atoms with Crippen LogP contribution in [-0.4, -0.2) is 33.7 Å². The van der Waals surface area contributed by atoms with Crippen LogP contribution < -0.4 is 15.0 Å². The maximum Gasteiger partial charge on any atom is 0.254 e. The molecule has 3 aliphatic rings. The second-order valence-corrected chi connectivity index (χ2v) is 7.23. The molecule has 1 N–H and O–H groups in total. The molecule has 2 atom stereocenters. The fourth-order valence-corrected chi connectivity index (χ4v) is 4.47. The minimum atomic E-state index is 0.0399. The van der Waals surface area contributed by atoms with Gasteiger partial charge < -0.3 is 14.5 Å². The van der Waals surface area contributed by atoms with Crippen LogP contribution in [0.1, 0.15) is 35.5 Å². The first kappa shape index (κ1) is 15.0.